The van der Waals surface area contributed by atoms with Crippen LogP contribution >= 0.6 is 22.9 Å². The van der Waals surface area contributed by atoms with Crippen LogP contribution in [0.2, 0.25) is 5.02 Å². The van der Waals surface area contributed by atoms with Gasteiger partial charge in [0, 0.05) is 10.7 Å². The molecule has 4 heteroatoms. The molecule has 0 saturated carbocycles. The van der Waals surface area contributed by atoms with E-state index in [0.29, 0.717) is 0 Å². The molecule has 0 spiro atoms. The fourth-order valence-electron chi connectivity index (χ4n) is 1.88. The van der Waals surface area contributed by atoms with Crippen molar-refractivity contribution < 1.29 is 0 Å². The molecule has 0 bridgehead atoms. The lowest BCUT2D eigenvalue weighted by molar-refractivity contribution is 1.41. The van der Waals surface area contributed by atoms with Crippen LogP contribution in [0.1, 0.15) is 11.1 Å². The number of benzene rings is 2. The van der Waals surface area contributed by atoms with Crippen molar-refractivity contribution in [1.29, 1.82) is 0 Å². The number of thiazole rings is 1. The van der Waals surface area contributed by atoms with E-state index in [-0.39, 0.29) is 0 Å². The molecule has 0 fully saturated rings. The highest BCUT2D eigenvalue weighted by atomic mass is 35.5. The van der Waals surface area contributed by atoms with Gasteiger partial charge in [-0.05, 0) is 49.2 Å². The molecule has 96 valence electrons. The molecule has 2 nitrogen and oxygen atoms in total. The van der Waals surface area contributed by atoms with Gasteiger partial charge in [0.1, 0.15) is 0 Å². The van der Waals surface area contributed by atoms with Crippen LogP contribution in [0.4, 0.5) is 10.8 Å². The van der Waals surface area contributed by atoms with Gasteiger partial charge in [-0.3, -0.25) is 0 Å². The first-order valence-corrected chi connectivity index (χ1v) is 7.21. The number of aromatic nitrogens is 1. The van der Waals surface area contributed by atoms with Crippen LogP contribution in [0.5, 0.6) is 0 Å². The van der Waals surface area contributed by atoms with Crippen LogP contribution in [0, 0.1) is 13.8 Å². The van der Waals surface area contributed by atoms with Crippen LogP contribution in [0.15, 0.2) is 36.4 Å². The lowest BCUT2D eigenvalue weighted by Gasteiger charge is -2.04. The largest absolute Gasteiger partial charge is 0.331 e. The summed E-state index contributed by atoms with van der Waals surface area (Å²) < 4.78 is 1.20. The van der Waals surface area contributed by atoms with E-state index < -0.39 is 0 Å². The van der Waals surface area contributed by atoms with Gasteiger partial charge in [-0.15, -0.1) is 0 Å². The molecule has 1 heterocycles. The van der Waals surface area contributed by atoms with Gasteiger partial charge >= 0.3 is 0 Å². The number of nitrogens with zero attached hydrogens (tertiary/aromatic N) is 1. The molecule has 19 heavy (non-hydrogen) atoms. The minimum Gasteiger partial charge on any atom is -0.331 e. The number of hydrogen-bond donors (Lipinski definition) is 1. The Morgan fingerprint density at radius 2 is 1.95 bits per heavy atom. The molecule has 0 saturated heterocycles. The Hall–Kier alpha value is -1.58. The van der Waals surface area contributed by atoms with E-state index in [9.17, 15) is 0 Å². The summed E-state index contributed by atoms with van der Waals surface area (Å²) in [5.74, 6) is 0. The molecule has 3 aromatic rings. The summed E-state index contributed by atoms with van der Waals surface area (Å²) in [5, 5.41) is 4.96. The number of hydrogen-bond acceptors (Lipinski definition) is 3. The number of aryl methyl sites for hydroxylation is 2. The van der Waals surface area contributed by atoms with Crippen molar-refractivity contribution in [2.45, 2.75) is 13.8 Å². The summed E-state index contributed by atoms with van der Waals surface area (Å²) in [6.07, 6.45) is 0. The number of halogens is 1. The number of fused-ring (bicyclic) bond motifs is 1. The SMILES string of the molecule is Cc1ccc2nc(Nc3ccc(C)c(Cl)c3)sc2c1. The van der Waals surface area contributed by atoms with Crippen molar-refractivity contribution in [2.24, 2.45) is 0 Å². The topological polar surface area (TPSA) is 24.9 Å². The fraction of sp³-hybridized carbons (Fsp3) is 0.133. The highest BCUT2D eigenvalue weighted by molar-refractivity contribution is 7.22. The van der Waals surface area contributed by atoms with Gasteiger partial charge in [-0.25, -0.2) is 4.98 Å². The van der Waals surface area contributed by atoms with E-state index in [1.807, 2.05) is 25.1 Å². The Morgan fingerprint density at radius 1 is 1.11 bits per heavy atom. The summed E-state index contributed by atoms with van der Waals surface area (Å²) in [6.45, 7) is 4.08. The lowest BCUT2D eigenvalue weighted by Crippen LogP contribution is -1.89. The zero-order chi connectivity index (χ0) is 13.4. The standard InChI is InChI=1S/C15H13ClN2S/c1-9-3-6-13-14(7-9)19-15(18-13)17-11-5-4-10(2)12(16)8-11/h3-8H,1-2H3,(H,17,18). The first-order valence-electron chi connectivity index (χ1n) is 6.02. The Morgan fingerprint density at radius 3 is 2.74 bits per heavy atom. The van der Waals surface area contributed by atoms with Gasteiger partial charge in [-0.1, -0.05) is 35.1 Å². The Balaban J connectivity index is 1.94. The van der Waals surface area contributed by atoms with E-state index in [0.717, 1.165) is 26.9 Å². The average molecular weight is 289 g/mol. The quantitative estimate of drug-likeness (QED) is 0.691. The van der Waals surface area contributed by atoms with E-state index in [2.05, 4.69) is 35.4 Å². The van der Waals surface area contributed by atoms with Gasteiger partial charge in [0.2, 0.25) is 0 Å². The van der Waals surface area contributed by atoms with Crippen LogP contribution in [0.25, 0.3) is 10.2 Å². The normalized spacial score (nSPS) is 10.9. The number of anilines is 2. The van der Waals surface area contributed by atoms with Crippen molar-refractivity contribution in [1.82, 2.24) is 4.98 Å². The van der Waals surface area contributed by atoms with Gasteiger partial charge in [0.15, 0.2) is 5.13 Å². The zero-order valence-corrected chi connectivity index (χ0v) is 12.3. The van der Waals surface area contributed by atoms with Gasteiger partial charge in [0.05, 0.1) is 10.2 Å². The maximum atomic E-state index is 6.12. The van der Waals surface area contributed by atoms with Gasteiger partial charge < -0.3 is 5.32 Å². The Kier molecular flexibility index (Phi) is 3.17. The molecule has 1 aromatic heterocycles. The predicted molar refractivity (Wildman–Crippen MR) is 83.8 cm³/mol. The predicted octanol–water partition coefficient (Wildman–Crippen LogP) is 5.31. The summed E-state index contributed by atoms with van der Waals surface area (Å²) in [5.41, 5.74) is 4.32. The van der Waals surface area contributed by atoms with Crippen LogP contribution in [0.3, 0.4) is 0 Å². The Labute approximate surface area is 121 Å². The third-order valence-corrected chi connectivity index (χ3v) is 4.31. The maximum Gasteiger partial charge on any atom is 0.188 e. The van der Waals surface area contributed by atoms with Crippen LogP contribution < -0.4 is 5.32 Å². The highest BCUT2D eigenvalue weighted by Gasteiger charge is 2.05. The second-order valence-electron chi connectivity index (χ2n) is 4.58. The maximum absolute atomic E-state index is 6.12. The first kappa shape index (κ1) is 12.5. The average Bonchev–Trinajstić information content (AvgIpc) is 2.75. The van der Waals surface area contributed by atoms with Gasteiger partial charge in [-0.2, -0.15) is 0 Å². The van der Waals surface area contributed by atoms with E-state index >= 15 is 0 Å². The lowest BCUT2D eigenvalue weighted by atomic mass is 10.2. The summed E-state index contributed by atoms with van der Waals surface area (Å²) in [7, 11) is 0. The van der Waals surface area contributed by atoms with Crippen LogP contribution in [-0.2, 0) is 0 Å². The minimum absolute atomic E-state index is 0.766. The van der Waals surface area contributed by atoms with Crippen molar-refractivity contribution in [3.05, 3.63) is 52.5 Å². The molecule has 0 amide bonds. The second kappa shape index (κ2) is 4.83. The molecule has 2 aromatic carbocycles. The monoisotopic (exact) mass is 288 g/mol. The van der Waals surface area contributed by atoms with Gasteiger partial charge in [0.25, 0.3) is 0 Å². The van der Waals surface area contributed by atoms with Crippen LogP contribution in [-0.4, -0.2) is 4.98 Å². The Bertz CT molecular complexity index is 749. The fourth-order valence-corrected chi connectivity index (χ4v) is 3.04. The molecule has 0 aliphatic heterocycles. The highest BCUT2D eigenvalue weighted by Crippen LogP contribution is 2.30. The van der Waals surface area contributed by atoms with Crippen molar-refractivity contribution >= 4 is 44.0 Å². The number of rotatable bonds is 2. The molecule has 0 unspecified atom stereocenters. The molecular formula is C15H13ClN2S. The smallest absolute Gasteiger partial charge is 0.188 e. The third-order valence-electron chi connectivity index (χ3n) is 2.97. The van der Waals surface area contributed by atoms with Crippen molar-refractivity contribution in [2.75, 3.05) is 5.32 Å². The van der Waals surface area contributed by atoms with E-state index in [1.54, 1.807) is 11.3 Å². The minimum atomic E-state index is 0.766. The van der Waals surface area contributed by atoms with Crippen molar-refractivity contribution in [3.63, 3.8) is 0 Å². The molecule has 1 N–H and O–H groups in total. The molecular weight excluding hydrogens is 276 g/mol. The molecule has 0 aliphatic carbocycles. The molecule has 0 radical (unpaired) electrons. The van der Waals surface area contributed by atoms with E-state index in [1.165, 1.54) is 10.3 Å². The first-order chi connectivity index (χ1) is 9.11. The second-order valence-corrected chi connectivity index (χ2v) is 6.02. The zero-order valence-electron chi connectivity index (χ0n) is 10.7. The van der Waals surface area contributed by atoms with E-state index in [4.69, 9.17) is 11.6 Å². The number of nitrogens with one attached hydrogen (secondary N) is 1. The molecule has 3 rings (SSSR count). The molecule has 0 aliphatic rings. The molecule has 0 atom stereocenters. The summed E-state index contributed by atoms with van der Waals surface area (Å²) >= 11 is 7.77. The third kappa shape index (κ3) is 2.57. The summed E-state index contributed by atoms with van der Waals surface area (Å²) in [4.78, 5) is 4.57. The summed E-state index contributed by atoms with van der Waals surface area (Å²) in [6, 6.07) is 12.2. The van der Waals surface area contributed by atoms with Crippen molar-refractivity contribution in [3.8, 4) is 0 Å².